The Bertz CT molecular complexity index is 647. The molecule has 19 heavy (non-hydrogen) atoms. The minimum Gasteiger partial charge on any atom is -0.497 e. The number of amides is 1. The van der Waals surface area contributed by atoms with Gasteiger partial charge in [0.05, 0.1) is 12.7 Å². The van der Waals surface area contributed by atoms with Gasteiger partial charge in [-0.2, -0.15) is 0 Å². The molecule has 98 valence electrons. The number of hydrogen-bond donors (Lipinski definition) is 2. The highest BCUT2D eigenvalue weighted by molar-refractivity contribution is 7.71. The highest BCUT2D eigenvalue weighted by atomic mass is 32.1. The van der Waals surface area contributed by atoms with E-state index in [1.807, 2.05) is 13.0 Å². The number of benzene rings is 1. The lowest BCUT2D eigenvalue weighted by Gasteiger charge is -2.06. The molecule has 5 heteroatoms. The molecule has 4 nitrogen and oxygen atoms in total. The molecule has 0 unspecified atom stereocenters. The lowest BCUT2D eigenvalue weighted by molar-refractivity contribution is 0.102. The van der Waals surface area contributed by atoms with E-state index in [0.29, 0.717) is 15.9 Å². The summed E-state index contributed by atoms with van der Waals surface area (Å²) in [5, 5.41) is 2.79. The van der Waals surface area contributed by atoms with E-state index in [0.717, 1.165) is 11.4 Å². The first kappa shape index (κ1) is 13.3. The number of rotatable bonds is 3. The van der Waals surface area contributed by atoms with Crippen molar-refractivity contribution in [3.63, 3.8) is 0 Å². The first-order valence-electron chi connectivity index (χ1n) is 5.75. The van der Waals surface area contributed by atoms with E-state index in [4.69, 9.17) is 17.0 Å². The molecule has 0 bridgehead atoms. The Morgan fingerprint density at radius 3 is 2.47 bits per heavy atom. The van der Waals surface area contributed by atoms with E-state index < -0.39 is 0 Å². The van der Waals surface area contributed by atoms with Crippen molar-refractivity contribution in [1.29, 1.82) is 0 Å². The lowest BCUT2D eigenvalue weighted by atomic mass is 10.2. The summed E-state index contributed by atoms with van der Waals surface area (Å²) in [7, 11) is 1.60. The predicted octanol–water partition coefficient (Wildman–Crippen LogP) is 3.31. The molecule has 0 aliphatic heterocycles. The standard InChI is InChI=1S/C14H14N2O2S/c1-9-3-8-12(14(19)15-9)13(17)16-10-4-6-11(18-2)7-5-10/h3-8H,1-2H3,(H,15,19)(H,16,17). The molecule has 0 fully saturated rings. The molecule has 1 heterocycles. The fourth-order valence-electron chi connectivity index (χ4n) is 1.62. The molecule has 1 aromatic heterocycles. The fourth-order valence-corrected chi connectivity index (χ4v) is 1.95. The first-order valence-corrected chi connectivity index (χ1v) is 6.16. The summed E-state index contributed by atoms with van der Waals surface area (Å²) in [6.45, 7) is 1.89. The monoisotopic (exact) mass is 274 g/mol. The largest absolute Gasteiger partial charge is 0.497 e. The second kappa shape index (κ2) is 5.67. The van der Waals surface area contributed by atoms with Gasteiger partial charge in [-0.15, -0.1) is 0 Å². The Labute approximate surface area is 116 Å². The minimum atomic E-state index is -0.230. The SMILES string of the molecule is COc1ccc(NC(=O)c2ccc(C)[nH]c2=S)cc1. The molecule has 1 aromatic carbocycles. The molecule has 0 aliphatic carbocycles. The van der Waals surface area contributed by atoms with Gasteiger partial charge >= 0.3 is 0 Å². The van der Waals surface area contributed by atoms with Crippen molar-refractivity contribution in [2.24, 2.45) is 0 Å². The van der Waals surface area contributed by atoms with Gasteiger partial charge in [-0.25, -0.2) is 0 Å². The van der Waals surface area contributed by atoms with Gasteiger partial charge in [0.25, 0.3) is 5.91 Å². The second-order valence-electron chi connectivity index (χ2n) is 4.07. The van der Waals surface area contributed by atoms with Gasteiger partial charge in [0.2, 0.25) is 0 Å². The molecule has 0 saturated heterocycles. The summed E-state index contributed by atoms with van der Waals surface area (Å²) in [6.07, 6.45) is 0. The molecule has 2 aromatic rings. The summed E-state index contributed by atoms with van der Waals surface area (Å²) < 4.78 is 5.49. The van der Waals surface area contributed by atoms with Gasteiger partial charge < -0.3 is 15.0 Å². The molecule has 1 amide bonds. The number of aromatic amines is 1. The number of carbonyl (C=O) groups is 1. The summed E-state index contributed by atoms with van der Waals surface area (Å²) in [6, 6.07) is 10.7. The quantitative estimate of drug-likeness (QED) is 0.844. The highest BCUT2D eigenvalue weighted by Gasteiger charge is 2.08. The topological polar surface area (TPSA) is 54.1 Å². The number of aromatic nitrogens is 1. The van der Waals surface area contributed by atoms with Gasteiger partial charge in [0, 0.05) is 11.4 Å². The van der Waals surface area contributed by atoms with Crippen LogP contribution in [0.3, 0.4) is 0 Å². The van der Waals surface area contributed by atoms with Gasteiger partial charge in [0.1, 0.15) is 10.4 Å². The number of methoxy groups -OCH3 is 1. The Balaban J connectivity index is 2.18. The molecule has 2 N–H and O–H groups in total. The number of carbonyl (C=O) groups excluding carboxylic acids is 1. The van der Waals surface area contributed by atoms with Crippen molar-refractivity contribution in [1.82, 2.24) is 4.98 Å². The van der Waals surface area contributed by atoms with Crippen molar-refractivity contribution >= 4 is 23.8 Å². The van der Waals surface area contributed by atoms with Crippen LogP contribution in [0.1, 0.15) is 16.1 Å². The Morgan fingerprint density at radius 2 is 1.89 bits per heavy atom. The van der Waals surface area contributed by atoms with Gasteiger partial charge in [-0.3, -0.25) is 4.79 Å². The second-order valence-corrected chi connectivity index (χ2v) is 4.48. The van der Waals surface area contributed by atoms with Crippen LogP contribution in [0.25, 0.3) is 0 Å². The highest BCUT2D eigenvalue weighted by Crippen LogP contribution is 2.16. The Hall–Kier alpha value is -2.14. The molecular formula is C14H14N2O2S. The number of anilines is 1. The number of ether oxygens (including phenoxy) is 1. The zero-order valence-corrected chi connectivity index (χ0v) is 11.5. The summed E-state index contributed by atoms with van der Waals surface area (Å²) in [4.78, 5) is 15.0. The predicted molar refractivity (Wildman–Crippen MR) is 77.3 cm³/mol. The number of pyridine rings is 1. The van der Waals surface area contributed by atoms with E-state index in [2.05, 4.69) is 10.3 Å². The van der Waals surface area contributed by atoms with Crippen LogP contribution in [0.4, 0.5) is 5.69 Å². The summed E-state index contributed by atoms with van der Waals surface area (Å²) in [5.41, 5.74) is 2.07. The first-order chi connectivity index (χ1) is 9.10. The minimum absolute atomic E-state index is 0.230. The zero-order valence-electron chi connectivity index (χ0n) is 10.7. The molecule has 0 spiro atoms. The third kappa shape index (κ3) is 3.20. The van der Waals surface area contributed by atoms with E-state index in [9.17, 15) is 4.79 Å². The van der Waals surface area contributed by atoms with Crippen molar-refractivity contribution in [2.75, 3.05) is 12.4 Å². The van der Waals surface area contributed by atoms with Crippen LogP contribution in [0.5, 0.6) is 5.75 Å². The van der Waals surface area contributed by atoms with Gasteiger partial charge in [-0.1, -0.05) is 12.2 Å². The average Bonchev–Trinajstić information content (AvgIpc) is 2.39. The van der Waals surface area contributed by atoms with E-state index in [1.165, 1.54) is 0 Å². The van der Waals surface area contributed by atoms with E-state index in [-0.39, 0.29) is 5.91 Å². The maximum Gasteiger partial charge on any atom is 0.258 e. The molecular weight excluding hydrogens is 260 g/mol. The summed E-state index contributed by atoms with van der Waals surface area (Å²) in [5.74, 6) is 0.511. The van der Waals surface area contributed by atoms with Crippen LogP contribution in [0.15, 0.2) is 36.4 Å². The number of nitrogens with one attached hydrogen (secondary N) is 2. The van der Waals surface area contributed by atoms with Crippen LogP contribution in [-0.4, -0.2) is 18.0 Å². The zero-order chi connectivity index (χ0) is 13.8. The number of H-pyrrole nitrogens is 1. The van der Waals surface area contributed by atoms with Crippen molar-refractivity contribution in [2.45, 2.75) is 6.92 Å². The van der Waals surface area contributed by atoms with Crippen molar-refractivity contribution < 1.29 is 9.53 Å². The molecule has 0 aliphatic rings. The molecule has 0 saturated carbocycles. The summed E-state index contributed by atoms with van der Waals surface area (Å²) >= 11 is 5.14. The molecule has 2 rings (SSSR count). The van der Waals surface area contributed by atoms with Gasteiger partial charge in [0.15, 0.2) is 0 Å². The normalized spacial score (nSPS) is 10.0. The number of aryl methyl sites for hydroxylation is 1. The molecule has 0 atom stereocenters. The fraction of sp³-hybridized carbons (Fsp3) is 0.143. The van der Waals surface area contributed by atoms with E-state index >= 15 is 0 Å². The Kier molecular flexibility index (Phi) is 3.97. The Morgan fingerprint density at radius 1 is 1.21 bits per heavy atom. The third-order valence-electron chi connectivity index (χ3n) is 2.65. The van der Waals surface area contributed by atoms with Gasteiger partial charge in [-0.05, 0) is 43.3 Å². The van der Waals surface area contributed by atoms with Crippen LogP contribution >= 0.6 is 12.2 Å². The van der Waals surface area contributed by atoms with Crippen molar-refractivity contribution in [3.8, 4) is 5.75 Å². The number of hydrogen-bond acceptors (Lipinski definition) is 3. The van der Waals surface area contributed by atoms with E-state index in [1.54, 1.807) is 37.4 Å². The third-order valence-corrected chi connectivity index (χ3v) is 2.97. The smallest absolute Gasteiger partial charge is 0.258 e. The van der Waals surface area contributed by atoms with Crippen LogP contribution in [0.2, 0.25) is 0 Å². The van der Waals surface area contributed by atoms with Crippen LogP contribution in [0, 0.1) is 11.6 Å². The molecule has 0 radical (unpaired) electrons. The average molecular weight is 274 g/mol. The maximum absolute atomic E-state index is 12.1. The lowest BCUT2D eigenvalue weighted by Crippen LogP contribution is -2.13. The van der Waals surface area contributed by atoms with Crippen LogP contribution < -0.4 is 10.1 Å². The van der Waals surface area contributed by atoms with Crippen molar-refractivity contribution in [3.05, 3.63) is 52.3 Å². The van der Waals surface area contributed by atoms with Crippen LogP contribution in [-0.2, 0) is 0 Å². The maximum atomic E-state index is 12.1.